The van der Waals surface area contributed by atoms with E-state index in [0.29, 0.717) is 25.4 Å². The summed E-state index contributed by atoms with van der Waals surface area (Å²) in [5.41, 5.74) is 1.18. The lowest BCUT2D eigenvalue weighted by molar-refractivity contribution is 0.0947. The van der Waals surface area contributed by atoms with Crippen LogP contribution in [0.2, 0.25) is 0 Å². The molecule has 1 amide bonds. The van der Waals surface area contributed by atoms with Crippen LogP contribution in [-0.2, 0) is 16.6 Å². The predicted molar refractivity (Wildman–Crippen MR) is 108 cm³/mol. The Labute approximate surface area is 166 Å². The van der Waals surface area contributed by atoms with Gasteiger partial charge >= 0.3 is 0 Å². The van der Waals surface area contributed by atoms with E-state index in [1.165, 1.54) is 23.5 Å². The van der Waals surface area contributed by atoms with Crippen LogP contribution in [0, 0.1) is 0 Å². The Hall–Kier alpha value is -2.38. The van der Waals surface area contributed by atoms with E-state index in [9.17, 15) is 13.2 Å². The predicted octanol–water partition coefficient (Wildman–Crippen LogP) is 3.19. The second-order valence-corrected chi connectivity index (χ2v) is 8.79. The molecule has 0 atom stereocenters. The zero-order valence-electron chi connectivity index (χ0n) is 16.1. The SMILES string of the molecule is COc1ccc(S(=O)(=O)N2CCCCCC2)cc1C(=O)NCc1ccccc1. The lowest BCUT2D eigenvalue weighted by Crippen LogP contribution is -2.32. The summed E-state index contributed by atoms with van der Waals surface area (Å²) in [4.78, 5) is 12.8. The summed E-state index contributed by atoms with van der Waals surface area (Å²) >= 11 is 0. The molecule has 0 aromatic heterocycles. The summed E-state index contributed by atoms with van der Waals surface area (Å²) in [6.07, 6.45) is 3.81. The molecule has 7 heteroatoms. The number of ether oxygens (including phenoxy) is 1. The number of nitrogens with one attached hydrogen (secondary N) is 1. The van der Waals surface area contributed by atoms with Gasteiger partial charge in [-0.05, 0) is 36.6 Å². The second-order valence-electron chi connectivity index (χ2n) is 6.85. The summed E-state index contributed by atoms with van der Waals surface area (Å²) in [5, 5.41) is 2.83. The summed E-state index contributed by atoms with van der Waals surface area (Å²) in [7, 11) is -2.17. The summed E-state index contributed by atoms with van der Waals surface area (Å²) in [6, 6.07) is 14.0. The van der Waals surface area contributed by atoms with E-state index in [-0.39, 0.29) is 16.4 Å². The average molecular weight is 403 g/mol. The number of benzene rings is 2. The van der Waals surface area contributed by atoms with Gasteiger partial charge in [0.15, 0.2) is 0 Å². The molecule has 1 aliphatic heterocycles. The summed E-state index contributed by atoms with van der Waals surface area (Å²) < 4.78 is 32.9. The van der Waals surface area contributed by atoms with Gasteiger partial charge in [0.05, 0.1) is 17.6 Å². The number of sulfonamides is 1. The van der Waals surface area contributed by atoms with Crippen molar-refractivity contribution in [2.45, 2.75) is 37.1 Å². The van der Waals surface area contributed by atoms with Gasteiger partial charge in [0.2, 0.25) is 10.0 Å². The van der Waals surface area contributed by atoms with Crippen molar-refractivity contribution < 1.29 is 17.9 Å². The first kappa shape index (κ1) is 20.4. The smallest absolute Gasteiger partial charge is 0.255 e. The third kappa shape index (κ3) is 4.72. The first-order chi connectivity index (χ1) is 13.5. The third-order valence-corrected chi connectivity index (χ3v) is 6.81. The zero-order chi connectivity index (χ0) is 20.0. The van der Waals surface area contributed by atoms with Crippen LogP contribution in [-0.4, -0.2) is 38.8 Å². The highest BCUT2D eigenvalue weighted by Crippen LogP contribution is 2.26. The van der Waals surface area contributed by atoms with E-state index in [0.717, 1.165) is 31.2 Å². The van der Waals surface area contributed by atoms with Crippen molar-refractivity contribution in [3.8, 4) is 5.75 Å². The molecule has 1 heterocycles. The molecule has 0 saturated carbocycles. The van der Waals surface area contributed by atoms with Gasteiger partial charge in [0.1, 0.15) is 5.75 Å². The van der Waals surface area contributed by atoms with Crippen molar-refractivity contribution in [1.82, 2.24) is 9.62 Å². The maximum atomic E-state index is 13.0. The average Bonchev–Trinajstić information content (AvgIpc) is 3.02. The van der Waals surface area contributed by atoms with E-state index in [2.05, 4.69) is 5.32 Å². The van der Waals surface area contributed by atoms with Crippen LogP contribution in [0.4, 0.5) is 0 Å². The Morgan fingerprint density at radius 2 is 1.71 bits per heavy atom. The fourth-order valence-corrected chi connectivity index (χ4v) is 4.87. The van der Waals surface area contributed by atoms with Crippen LogP contribution in [0.25, 0.3) is 0 Å². The number of hydrogen-bond donors (Lipinski definition) is 1. The monoisotopic (exact) mass is 402 g/mol. The minimum absolute atomic E-state index is 0.125. The summed E-state index contributed by atoms with van der Waals surface area (Å²) in [6.45, 7) is 1.39. The Morgan fingerprint density at radius 3 is 2.36 bits per heavy atom. The highest BCUT2D eigenvalue weighted by Gasteiger charge is 2.27. The van der Waals surface area contributed by atoms with Crippen LogP contribution < -0.4 is 10.1 Å². The molecule has 0 bridgehead atoms. The van der Waals surface area contributed by atoms with Gasteiger partial charge in [-0.3, -0.25) is 4.79 Å². The van der Waals surface area contributed by atoms with E-state index in [1.807, 2.05) is 30.3 Å². The molecule has 1 saturated heterocycles. The maximum absolute atomic E-state index is 13.0. The van der Waals surface area contributed by atoms with E-state index < -0.39 is 10.0 Å². The fourth-order valence-electron chi connectivity index (χ4n) is 3.33. The van der Waals surface area contributed by atoms with Gasteiger partial charge in [-0.25, -0.2) is 8.42 Å². The molecule has 28 heavy (non-hydrogen) atoms. The zero-order valence-corrected chi connectivity index (χ0v) is 16.9. The highest BCUT2D eigenvalue weighted by atomic mass is 32.2. The molecular formula is C21H26N2O4S. The largest absolute Gasteiger partial charge is 0.496 e. The minimum atomic E-state index is -3.64. The number of carbonyl (C=O) groups excluding carboxylic acids is 1. The molecule has 1 aliphatic rings. The maximum Gasteiger partial charge on any atom is 0.255 e. The molecule has 0 aliphatic carbocycles. The molecule has 2 aromatic carbocycles. The molecular weight excluding hydrogens is 376 g/mol. The van der Waals surface area contributed by atoms with Crippen LogP contribution in [0.15, 0.2) is 53.4 Å². The first-order valence-electron chi connectivity index (χ1n) is 9.52. The normalized spacial score (nSPS) is 15.6. The molecule has 1 N–H and O–H groups in total. The number of carbonyl (C=O) groups is 1. The molecule has 6 nitrogen and oxygen atoms in total. The van der Waals surface area contributed by atoms with E-state index in [4.69, 9.17) is 4.74 Å². The molecule has 1 fully saturated rings. The van der Waals surface area contributed by atoms with Crippen LogP contribution in [0.5, 0.6) is 5.75 Å². The Balaban J connectivity index is 1.83. The quantitative estimate of drug-likeness (QED) is 0.805. The number of amides is 1. The van der Waals surface area contributed by atoms with Crippen molar-refractivity contribution in [3.63, 3.8) is 0 Å². The molecule has 0 radical (unpaired) electrons. The Morgan fingerprint density at radius 1 is 1.04 bits per heavy atom. The van der Waals surface area contributed by atoms with Crippen LogP contribution in [0.1, 0.15) is 41.6 Å². The van der Waals surface area contributed by atoms with Crippen LogP contribution >= 0.6 is 0 Å². The highest BCUT2D eigenvalue weighted by molar-refractivity contribution is 7.89. The van der Waals surface area contributed by atoms with Gasteiger partial charge < -0.3 is 10.1 Å². The fraction of sp³-hybridized carbons (Fsp3) is 0.381. The Kier molecular flexibility index (Phi) is 6.70. The molecule has 150 valence electrons. The standard InChI is InChI=1S/C21H26N2O4S/c1-27-20-12-11-18(28(25,26)23-13-7-2-3-8-14-23)15-19(20)21(24)22-16-17-9-5-4-6-10-17/h4-6,9-12,15H,2-3,7-8,13-14,16H2,1H3,(H,22,24). The lowest BCUT2D eigenvalue weighted by Gasteiger charge is -2.20. The molecule has 3 rings (SSSR count). The van der Waals surface area contributed by atoms with Crippen LogP contribution in [0.3, 0.4) is 0 Å². The first-order valence-corrected chi connectivity index (χ1v) is 11.0. The van der Waals surface area contributed by atoms with Gasteiger partial charge in [0.25, 0.3) is 5.91 Å². The van der Waals surface area contributed by atoms with Gasteiger partial charge in [-0.2, -0.15) is 4.31 Å². The van der Waals surface area contributed by atoms with Gasteiger partial charge in [0, 0.05) is 19.6 Å². The van der Waals surface area contributed by atoms with Crippen molar-refractivity contribution >= 4 is 15.9 Å². The van der Waals surface area contributed by atoms with E-state index >= 15 is 0 Å². The number of hydrogen-bond acceptors (Lipinski definition) is 4. The Bertz CT molecular complexity index is 905. The van der Waals surface area contributed by atoms with E-state index in [1.54, 1.807) is 6.07 Å². The van der Waals surface area contributed by atoms with Crippen molar-refractivity contribution in [2.24, 2.45) is 0 Å². The number of rotatable bonds is 6. The summed E-state index contributed by atoms with van der Waals surface area (Å²) in [5.74, 6) is -0.0194. The third-order valence-electron chi connectivity index (χ3n) is 4.91. The molecule has 2 aromatic rings. The second kappa shape index (κ2) is 9.21. The van der Waals surface area contributed by atoms with Crippen molar-refractivity contribution in [3.05, 3.63) is 59.7 Å². The topological polar surface area (TPSA) is 75.7 Å². The van der Waals surface area contributed by atoms with Crippen molar-refractivity contribution in [1.29, 1.82) is 0 Å². The van der Waals surface area contributed by atoms with Gasteiger partial charge in [-0.15, -0.1) is 0 Å². The molecule has 0 unspecified atom stereocenters. The minimum Gasteiger partial charge on any atom is -0.496 e. The number of methoxy groups -OCH3 is 1. The van der Waals surface area contributed by atoms with Crippen molar-refractivity contribution in [2.75, 3.05) is 20.2 Å². The van der Waals surface area contributed by atoms with Gasteiger partial charge in [-0.1, -0.05) is 43.2 Å². The lowest BCUT2D eigenvalue weighted by atomic mass is 10.1. The molecule has 0 spiro atoms. The number of nitrogens with zero attached hydrogens (tertiary/aromatic N) is 1.